The molecule has 4 N–H and O–H groups in total. The van der Waals surface area contributed by atoms with Gasteiger partial charge in [0, 0.05) is 5.75 Å². The largest absolute Gasteiger partial charge is 0.477 e. The predicted molar refractivity (Wildman–Crippen MR) is 76.1 cm³/mol. The van der Waals surface area contributed by atoms with E-state index in [1.165, 1.54) is 35.3 Å². The first-order valence-corrected chi connectivity index (χ1v) is 7.91. The third-order valence-corrected chi connectivity index (χ3v) is 5.65. The molecule has 3 atom stereocenters. The Morgan fingerprint density at radius 2 is 2.24 bits per heavy atom. The molecule has 0 radical (unpaired) electrons. The van der Waals surface area contributed by atoms with Gasteiger partial charge in [0.1, 0.15) is 12.0 Å². The summed E-state index contributed by atoms with van der Waals surface area (Å²) in [6.45, 7) is 1.56. The minimum atomic E-state index is -1.19. The average molecular weight is 334 g/mol. The quantitative estimate of drug-likeness (QED) is 0.456. The maximum Gasteiger partial charge on any atom is 0.404 e. The molecule has 1 fully saturated rings. The molecule has 0 aromatic carbocycles. The number of carboxylic acid groups (broad SMARTS) is 1. The Labute approximate surface area is 128 Å². The first-order chi connectivity index (χ1) is 9.84. The number of carbonyl (C=O) groups excluding carboxylic acids is 2. The molecule has 2 aliphatic rings. The molecule has 2 heterocycles. The van der Waals surface area contributed by atoms with Crippen LogP contribution in [0.1, 0.15) is 6.92 Å². The molecule has 0 spiro atoms. The van der Waals surface area contributed by atoms with Crippen molar-refractivity contribution in [2.75, 3.05) is 12.4 Å². The molecule has 1 unspecified atom stereocenters. The third-order valence-electron chi connectivity index (χ3n) is 3.03. The van der Waals surface area contributed by atoms with E-state index < -0.39 is 24.1 Å². The fraction of sp³-hybridized carbons (Fsp3) is 0.545. The minimum Gasteiger partial charge on any atom is -0.477 e. The highest BCUT2D eigenvalue weighted by molar-refractivity contribution is 8.22. The number of amides is 2. The van der Waals surface area contributed by atoms with E-state index in [0.29, 0.717) is 9.99 Å². The number of aliphatic carboxylic acids is 1. The highest BCUT2D eigenvalue weighted by Crippen LogP contribution is 2.53. The highest BCUT2D eigenvalue weighted by atomic mass is 32.2. The number of hydrogen-bond acceptors (Lipinski definition) is 7. The van der Waals surface area contributed by atoms with Gasteiger partial charge in [0.05, 0.1) is 16.3 Å². The van der Waals surface area contributed by atoms with Crippen LogP contribution in [-0.4, -0.2) is 56.9 Å². The van der Waals surface area contributed by atoms with Crippen LogP contribution in [0.15, 0.2) is 9.93 Å². The van der Waals surface area contributed by atoms with Crippen molar-refractivity contribution in [3.05, 3.63) is 9.93 Å². The van der Waals surface area contributed by atoms with E-state index in [0.717, 1.165) is 0 Å². The van der Waals surface area contributed by atoms with Gasteiger partial charge in [-0.05, 0) is 6.92 Å². The van der Waals surface area contributed by atoms with Gasteiger partial charge in [0.25, 0.3) is 0 Å². The van der Waals surface area contributed by atoms with Gasteiger partial charge in [0.2, 0.25) is 5.91 Å². The van der Waals surface area contributed by atoms with Crippen LogP contribution in [0.25, 0.3) is 0 Å². The van der Waals surface area contributed by atoms with Gasteiger partial charge in [-0.3, -0.25) is 9.69 Å². The number of carboxylic acids is 1. The minimum absolute atomic E-state index is 0.0510. The smallest absolute Gasteiger partial charge is 0.404 e. The number of nitrogens with zero attached hydrogens (tertiary/aromatic N) is 1. The zero-order valence-electron chi connectivity index (χ0n) is 11.0. The molecule has 116 valence electrons. The predicted octanol–water partition coefficient (Wildman–Crippen LogP) is -0.0193. The van der Waals surface area contributed by atoms with E-state index >= 15 is 0 Å². The Balaban J connectivity index is 2.04. The SMILES string of the molecule is CC(O)[C@H]1C(=O)N2C(C(=O)O)=C(SCCOC(N)=O)S[C@H]12. The standard InChI is InChI=1S/C11H14N2O6S2/c1-4(14)5-7(15)13-6(9(16)17)10(21-8(5)13)20-3-2-19-11(12)18/h4-5,8,14H,2-3H2,1H3,(H2,12,18)(H,16,17)/t4?,5-,8+/m0/s1. The van der Waals surface area contributed by atoms with Crippen molar-refractivity contribution in [2.24, 2.45) is 11.7 Å². The summed E-state index contributed by atoms with van der Waals surface area (Å²) in [5.74, 6) is -1.84. The van der Waals surface area contributed by atoms with E-state index in [4.69, 9.17) is 5.73 Å². The van der Waals surface area contributed by atoms with Crippen LogP contribution in [-0.2, 0) is 14.3 Å². The van der Waals surface area contributed by atoms with Crippen molar-refractivity contribution in [1.29, 1.82) is 0 Å². The van der Waals surface area contributed by atoms with Crippen LogP contribution in [0.3, 0.4) is 0 Å². The monoisotopic (exact) mass is 334 g/mol. The maximum atomic E-state index is 11.9. The summed E-state index contributed by atoms with van der Waals surface area (Å²) in [5.41, 5.74) is 4.75. The summed E-state index contributed by atoms with van der Waals surface area (Å²) in [4.78, 5) is 34.9. The number of carbonyl (C=O) groups is 3. The van der Waals surface area contributed by atoms with Crippen LogP contribution in [0.4, 0.5) is 4.79 Å². The van der Waals surface area contributed by atoms with Crippen LogP contribution < -0.4 is 5.73 Å². The average Bonchev–Trinajstić information content (AvgIpc) is 2.68. The second-order valence-electron chi connectivity index (χ2n) is 4.44. The maximum absolute atomic E-state index is 11.9. The molecule has 0 aromatic heterocycles. The summed E-state index contributed by atoms with van der Waals surface area (Å²) in [5, 5.41) is 18.4. The third kappa shape index (κ3) is 2.97. The fourth-order valence-electron chi connectivity index (χ4n) is 2.13. The number of primary amides is 1. The first kappa shape index (κ1) is 16.0. The summed E-state index contributed by atoms with van der Waals surface area (Å²) in [6.07, 6.45) is -1.72. The lowest BCUT2D eigenvalue weighted by Gasteiger charge is -2.43. The van der Waals surface area contributed by atoms with E-state index in [2.05, 4.69) is 4.74 Å². The lowest BCUT2D eigenvalue weighted by atomic mass is 9.92. The van der Waals surface area contributed by atoms with E-state index in [1.54, 1.807) is 0 Å². The molecule has 0 aliphatic carbocycles. The highest BCUT2D eigenvalue weighted by Gasteiger charge is 2.57. The second kappa shape index (κ2) is 6.16. The topological polar surface area (TPSA) is 130 Å². The molecule has 21 heavy (non-hydrogen) atoms. The summed E-state index contributed by atoms with van der Waals surface area (Å²) in [6, 6.07) is 0. The first-order valence-electron chi connectivity index (χ1n) is 6.05. The van der Waals surface area contributed by atoms with Gasteiger partial charge >= 0.3 is 12.1 Å². The Bertz CT molecular complexity index is 521. The van der Waals surface area contributed by atoms with E-state index in [-0.39, 0.29) is 23.6 Å². The lowest BCUT2D eigenvalue weighted by Crippen LogP contribution is -2.60. The van der Waals surface area contributed by atoms with E-state index in [9.17, 15) is 24.6 Å². The molecule has 10 heteroatoms. The zero-order chi connectivity index (χ0) is 15.7. The molecule has 0 aromatic rings. The lowest BCUT2D eigenvalue weighted by molar-refractivity contribution is -0.156. The molecule has 2 rings (SSSR count). The Morgan fingerprint density at radius 3 is 2.76 bits per heavy atom. The number of rotatable bonds is 6. The number of ether oxygens (including phenoxy) is 1. The van der Waals surface area contributed by atoms with Gasteiger partial charge in [-0.2, -0.15) is 0 Å². The van der Waals surface area contributed by atoms with Gasteiger partial charge in [0.15, 0.2) is 5.70 Å². The van der Waals surface area contributed by atoms with Crippen LogP contribution in [0.2, 0.25) is 0 Å². The van der Waals surface area contributed by atoms with Crippen LogP contribution in [0, 0.1) is 5.92 Å². The number of aliphatic hydroxyl groups is 1. The van der Waals surface area contributed by atoms with Gasteiger partial charge in [-0.15, -0.1) is 11.8 Å². The van der Waals surface area contributed by atoms with Crippen LogP contribution in [0.5, 0.6) is 0 Å². The number of fused-ring (bicyclic) bond motifs is 1. The normalized spacial score (nSPS) is 25.4. The summed E-state index contributed by atoms with van der Waals surface area (Å²) in [7, 11) is 0. The fourth-order valence-corrected chi connectivity index (χ4v) is 4.94. The van der Waals surface area contributed by atoms with E-state index in [1.807, 2.05) is 0 Å². The van der Waals surface area contributed by atoms with Crippen LogP contribution >= 0.6 is 23.5 Å². The number of thioether (sulfide) groups is 2. The number of aliphatic hydroxyl groups excluding tert-OH is 1. The summed E-state index contributed by atoms with van der Waals surface area (Å²) >= 11 is 2.41. The van der Waals surface area contributed by atoms with Gasteiger partial charge < -0.3 is 20.7 Å². The Hall–Kier alpha value is -1.39. The zero-order valence-corrected chi connectivity index (χ0v) is 12.6. The number of hydrogen-bond donors (Lipinski definition) is 3. The molecular formula is C11H14N2O6S2. The molecule has 0 saturated carbocycles. The Morgan fingerprint density at radius 1 is 1.57 bits per heavy atom. The second-order valence-corrected chi connectivity index (χ2v) is 6.93. The molecule has 1 saturated heterocycles. The van der Waals surface area contributed by atoms with Crippen molar-refractivity contribution in [3.8, 4) is 0 Å². The molecule has 2 amide bonds. The van der Waals surface area contributed by atoms with Gasteiger partial charge in [-0.1, -0.05) is 11.8 Å². The molecular weight excluding hydrogens is 320 g/mol. The number of nitrogens with two attached hydrogens (primary N) is 1. The molecule has 0 bridgehead atoms. The van der Waals surface area contributed by atoms with Crippen molar-refractivity contribution < 1.29 is 29.3 Å². The molecule has 2 aliphatic heterocycles. The van der Waals surface area contributed by atoms with Crippen molar-refractivity contribution >= 4 is 41.5 Å². The van der Waals surface area contributed by atoms with Crippen molar-refractivity contribution in [2.45, 2.75) is 18.4 Å². The van der Waals surface area contributed by atoms with Crippen molar-refractivity contribution in [3.63, 3.8) is 0 Å². The number of β-lactam (4-membered cyclic amide) rings is 1. The Kier molecular flexibility index (Phi) is 4.69. The molecule has 8 nitrogen and oxygen atoms in total. The van der Waals surface area contributed by atoms with Crippen molar-refractivity contribution in [1.82, 2.24) is 4.90 Å². The summed E-state index contributed by atoms with van der Waals surface area (Å²) < 4.78 is 5.03. The van der Waals surface area contributed by atoms with Gasteiger partial charge in [-0.25, -0.2) is 9.59 Å².